The van der Waals surface area contributed by atoms with E-state index in [9.17, 15) is 5.11 Å². The highest BCUT2D eigenvalue weighted by Crippen LogP contribution is 2.12. The van der Waals surface area contributed by atoms with E-state index in [4.69, 9.17) is 4.52 Å². The van der Waals surface area contributed by atoms with Gasteiger partial charge < -0.3 is 5.11 Å². The number of unbranched alkanes of at least 4 members (excludes halogenated alkanes) is 1. The lowest BCUT2D eigenvalue weighted by Gasteiger charge is -2.06. The first kappa shape index (κ1) is 13.6. The smallest absolute Gasteiger partial charge is 0.321 e. The summed E-state index contributed by atoms with van der Waals surface area (Å²) in [5.74, 6) is 1.00. The van der Waals surface area contributed by atoms with Gasteiger partial charge in [0.05, 0.1) is 0 Å². The molecular weight excluding hydrogens is 262 g/mol. The zero-order chi connectivity index (χ0) is 13.5. The van der Waals surface area contributed by atoms with Crippen LogP contribution in [0.4, 0.5) is 5.88 Å². The van der Waals surface area contributed by atoms with E-state index in [1.807, 2.05) is 30.3 Å². The molecule has 1 aromatic heterocycles. The Kier molecular flexibility index (Phi) is 4.97. The SMILES string of the molecule is CCCCS/C([O-])=N/c1c[n+](-c2ccccc2)no1. The molecule has 0 saturated heterocycles. The lowest BCUT2D eigenvalue weighted by atomic mass is 10.3. The Morgan fingerprint density at radius 1 is 1.42 bits per heavy atom. The summed E-state index contributed by atoms with van der Waals surface area (Å²) >= 11 is 1.20. The monoisotopic (exact) mass is 277 g/mol. The second-order valence-corrected chi connectivity index (χ2v) is 4.95. The summed E-state index contributed by atoms with van der Waals surface area (Å²) in [4.78, 5) is 3.85. The van der Waals surface area contributed by atoms with Gasteiger partial charge in [0, 0.05) is 17.4 Å². The van der Waals surface area contributed by atoms with Crippen LogP contribution in [0.5, 0.6) is 0 Å². The molecule has 0 aliphatic rings. The molecule has 0 fully saturated rings. The van der Waals surface area contributed by atoms with Crippen molar-refractivity contribution < 1.29 is 14.3 Å². The molecule has 1 heterocycles. The molecule has 19 heavy (non-hydrogen) atoms. The van der Waals surface area contributed by atoms with Crippen LogP contribution >= 0.6 is 11.8 Å². The Bertz CT molecular complexity index is 540. The third-order valence-corrected chi connectivity index (χ3v) is 3.23. The van der Waals surface area contributed by atoms with E-state index in [0.29, 0.717) is 0 Å². The molecule has 2 rings (SSSR count). The standard InChI is InChI=1S/C13H15N3O2S/c1-2-3-9-19-13(17)14-12-10-16(15-18-12)11-7-5-4-6-8-11/h4-8,10H,2-3,9H2,1H3. The molecule has 0 bridgehead atoms. The molecule has 0 unspecified atom stereocenters. The van der Waals surface area contributed by atoms with Crippen LogP contribution in [0.1, 0.15) is 19.8 Å². The van der Waals surface area contributed by atoms with Crippen molar-refractivity contribution in [3.8, 4) is 5.69 Å². The van der Waals surface area contributed by atoms with E-state index in [-0.39, 0.29) is 11.1 Å². The Hall–Kier alpha value is -1.82. The Morgan fingerprint density at radius 3 is 2.95 bits per heavy atom. The second-order valence-electron chi connectivity index (χ2n) is 3.90. The first-order chi connectivity index (χ1) is 9.29. The van der Waals surface area contributed by atoms with Crippen LogP contribution in [-0.4, -0.2) is 16.3 Å². The number of aliphatic imine (C=N–C) groups is 1. The van der Waals surface area contributed by atoms with Crippen molar-refractivity contribution in [2.45, 2.75) is 19.8 Å². The van der Waals surface area contributed by atoms with Crippen molar-refractivity contribution in [3.05, 3.63) is 36.5 Å². The van der Waals surface area contributed by atoms with Crippen molar-refractivity contribution >= 4 is 22.9 Å². The minimum atomic E-state index is -0.246. The van der Waals surface area contributed by atoms with E-state index >= 15 is 0 Å². The fourth-order valence-electron chi connectivity index (χ4n) is 1.42. The normalized spacial score (nSPS) is 11.7. The van der Waals surface area contributed by atoms with Gasteiger partial charge in [-0.15, -0.1) is 11.8 Å². The van der Waals surface area contributed by atoms with Gasteiger partial charge in [-0.3, -0.25) is 4.52 Å². The largest absolute Gasteiger partial charge is 0.854 e. The third-order valence-electron chi connectivity index (χ3n) is 2.40. The highest BCUT2D eigenvalue weighted by Gasteiger charge is 2.13. The number of hydrogen-bond donors (Lipinski definition) is 0. The molecule has 0 saturated carbocycles. The number of hydrogen-bond acceptors (Lipinski definition) is 5. The quantitative estimate of drug-likeness (QED) is 0.362. The van der Waals surface area contributed by atoms with E-state index in [2.05, 4.69) is 17.2 Å². The van der Waals surface area contributed by atoms with Gasteiger partial charge in [-0.2, -0.15) is 0 Å². The maximum Gasteiger partial charge on any atom is 0.321 e. The zero-order valence-electron chi connectivity index (χ0n) is 10.7. The average Bonchev–Trinajstić information content (AvgIpc) is 2.88. The van der Waals surface area contributed by atoms with Crippen LogP contribution in [0.2, 0.25) is 0 Å². The zero-order valence-corrected chi connectivity index (χ0v) is 11.5. The van der Waals surface area contributed by atoms with Gasteiger partial charge in [0.2, 0.25) is 11.0 Å². The van der Waals surface area contributed by atoms with Gasteiger partial charge in [0.1, 0.15) is 0 Å². The van der Waals surface area contributed by atoms with Gasteiger partial charge in [-0.25, -0.2) is 4.99 Å². The maximum absolute atomic E-state index is 11.5. The number of para-hydroxylation sites is 1. The summed E-state index contributed by atoms with van der Waals surface area (Å²) < 4.78 is 6.55. The molecule has 100 valence electrons. The Balaban J connectivity index is 2.03. The molecule has 2 aromatic rings. The predicted molar refractivity (Wildman–Crippen MR) is 72.5 cm³/mol. The number of thioether (sulfide) groups is 1. The highest BCUT2D eigenvalue weighted by atomic mass is 32.2. The summed E-state index contributed by atoms with van der Waals surface area (Å²) in [7, 11) is 0. The lowest BCUT2D eigenvalue weighted by Crippen LogP contribution is -2.30. The van der Waals surface area contributed by atoms with E-state index < -0.39 is 0 Å². The predicted octanol–water partition coefficient (Wildman–Crippen LogP) is 1.83. The molecule has 0 radical (unpaired) electrons. The molecular formula is C13H15N3O2S. The van der Waals surface area contributed by atoms with E-state index in [1.54, 1.807) is 10.9 Å². The maximum atomic E-state index is 11.5. The Morgan fingerprint density at radius 2 is 2.21 bits per heavy atom. The average molecular weight is 277 g/mol. The van der Waals surface area contributed by atoms with Gasteiger partial charge in [0.15, 0.2) is 0 Å². The van der Waals surface area contributed by atoms with Gasteiger partial charge >= 0.3 is 5.88 Å². The van der Waals surface area contributed by atoms with Crippen LogP contribution in [0.25, 0.3) is 5.69 Å². The first-order valence-electron chi connectivity index (χ1n) is 6.12. The van der Waals surface area contributed by atoms with Gasteiger partial charge in [-0.1, -0.05) is 31.5 Å². The summed E-state index contributed by atoms with van der Waals surface area (Å²) in [6.45, 7) is 2.08. The van der Waals surface area contributed by atoms with Crippen molar-refractivity contribution in [2.75, 3.05) is 5.75 Å². The van der Waals surface area contributed by atoms with E-state index in [1.165, 1.54) is 11.8 Å². The highest BCUT2D eigenvalue weighted by molar-refractivity contribution is 8.13. The van der Waals surface area contributed by atoms with Gasteiger partial charge in [0.25, 0.3) is 6.20 Å². The number of aromatic nitrogens is 2. The summed E-state index contributed by atoms with van der Waals surface area (Å²) in [5.41, 5.74) is 0.860. The fourth-order valence-corrected chi connectivity index (χ4v) is 2.18. The van der Waals surface area contributed by atoms with Crippen LogP contribution in [0.15, 0.2) is 46.0 Å². The molecule has 0 atom stereocenters. The molecule has 0 aliphatic carbocycles. The van der Waals surface area contributed by atoms with Gasteiger partial charge in [-0.05, 0) is 16.9 Å². The van der Waals surface area contributed by atoms with E-state index in [0.717, 1.165) is 24.3 Å². The van der Waals surface area contributed by atoms with Crippen LogP contribution in [0, 0.1) is 0 Å². The van der Waals surface area contributed by atoms with Crippen molar-refractivity contribution in [1.29, 1.82) is 0 Å². The summed E-state index contributed by atoms with van der Waals surface area (Å²) in [6.07, 6.45) is 3.66. The van der Waals surface area contributed by atoms with Crippen LogP contribution in [0.3, 0.4) is 0 Å². The fraction of sp³-hybridized carbons (Fsp3) is 0.308. The Labute approximate surface area is 115 Å². The molecule has 0 N–H and O–H groups in total. The minimum Gasteiger partial charge on any atom is -0.854 e. The molecule has 0 spiro atoms. The molecule has 5 nitrogen and oxygen atoms in total. The van der Waals surface area contributed by atoms with Crippen LogP contribution in [-0.2, 0) is 0 Å². The van der Waals surface area contributed by atoms with Crippen molar-refractivity contribution in [1.82, 2.24) is 5.27 Å². The topological polar surface area (TPSA) is 65.3 Å². The first-order valence-corrected chi connectivity index (χ1v) is 7.10. The number of benzene rings is 1. The molecule has 6 heteroatoms. The van der Waals surface area contributed by atoms with Crippen molar-refractivity contribution in [3.63, 3.8) is 0 Å². The van der Waals surface area contributed by atoms with Crippen LogP contribution < -0.4 is 9.79 Å². The number of rotatable bonds is 5. The van der Waals surface area contributed by atoms with Crippen molar-refractivity contribution in [2.24, 2.45) is 4.99 Å². The third kappa shape index (κ3) is 4.10. The minimum absolute atomic E-state index is 0.220. The molecule has 1 aromatic carbocycles. The number of nitrogens with zero attached hydrogens (tertiary/aromatic N) is 3. The summed E-state index contributed by atoms with van der Waals surface area (Å²) in [6, 6.07) is 9.51. The summed E-state index contributed by atoms with van der Waals surface area (Å²) in [5, 5.41) is 15.1. The molecule has 0 aliphatic heterocycles. The lowest BCUT2D eigenvalue weighted by molar-refractivity contribution is -0.670. The molecule has 0 amide bonds. The second kappa shape index (κ2) is 6.94.